The molecule has 0 fully saturated rings. The summed E-state index contributed by atoms with van der Waals surface area (Å²) in [4.78, 5) is 6.81. The van der Waals surface area contributed by atoms with Gasteiger partial charge in [0.05, 0.1) is 6.04 Å². The molecule has 0 aliphatic carbocycles. The monoisotopic (exact) mass is 336 g/mol. The van der Waals surface area contributed by atoms with E-state index in [1.165, 1.54) is 11.3 Å². The molecule has 0 radical (unpaired) electrons. The maximum Gasteiger partial charge on any atom is 0.191 e. The lowest BCUT2D eigenvalue weighted by atomic mass is 10.1. The van der Waals surface area contributed by atoms with E-state index in [1.807, 2.05) is 18.8 Å². The molecule has 0 aliphatic heterocycles. The number of guanidine groups is 1. The van der Waals surface area contributed by atoms with Crippen LogP contribution < -0.4 is 10.6 Å². The molecular formula is C18H32N4S. The lowest BCUT2D eigenvalue weighted by molar-refractivity contribution is 0.219. The predicted octanol–water partition coefficient (Wildman–Crippen LogP) is 2.99. The molecule has 1 aromatic carbocycles. The third-order valence-electron chi connectivity index (χ3n) is 3.94. The number of nitrogens with zero attached hydrogens (tertiary/aromatic N) is 2. The number of thioether (sulfide) groups is 1. The Morgan fingerprint density at radius 1 is 1.17 bits per heavy atom. The van der Waals surface area contributed by atoms with Gasteiger partial charge in [-0.05, 0) is 37.1 Å². The summed E-state index contributed by atoms with van der Waals surface area (Å²) >= 11 is 1.88. The van der Waals surface area contributed by atoms with E-state index in [4.69, 9.17) is 0 Å². The van der Waals surface area contributed by atoms with Crippen LogP contribution in [0.15, 0.2) is 35.3 Å². The van der Waals surface area contributed by atoms with Crippen LogP contribution in [0.1, 0.15) is 31.9 Å². The van der Waals surface area contributed by atoms with Crippen LogP contribution in [0, 0.1) is 0 Å². The topological polar surface area (TPSA) is 39.7 Å². The second-order valence-corrected chi connectivity index (χ2v) is 6.36. The minimum atomic E-state index is 0.357. The standard InChI is InChI=1S/C18H32N4S/c1-5-22(6-2)17(16-11-8-7-9-12-16)15-21-18(19-3)20-13-10-14-23-4/h7-9,11-12,17H,5-6,10,13-15H2,1-4H3,(H2,19,20,21). The van der Waals surface area contributed by atoms with Crippen molar-refractivity contribution in [2.75, 3.05) is 45.2 Å². The molecule has 0 heterocycles. The highest BCUT2D eigenvalue weighted by Crippen LogP contribution is 2.19. The minimum Gasteiger partial charge on any atom is -0.356 e. The van der Waals surface area contributed by atoms with Crippen LogP contribution in [0.25, 0.3) is 0 Å². The summed E-state index contributed by atoms with van der Waals surface area (Å²) in [7, 11) is 1.83. The predicted molar refractivity (Wildman–Crippen MR) is 104 cm³/mol. The van der Waals surface area contributed by atoms with Gasteiger partial charge in [0, 0.05) is 20.1 Å². The van der Waals surface area contributed by atoms with E-state index < -0.39 is 0 Å². The van der Waals surface area contributed by atoms with Crippen molar-refractivity contribution in [1.29, 1.82) is 0 Å². The van der Waals surface area contributed by atoms with E-state index in [1.54, 1.807) is 0 Å². The SMILES string of the molecule is CCN(CC)C(CNC(=NC)NCCCSC)c1ccccc1. The number of rotatable bonds is 10. The highest BCUT2D eigenvalue weighted by atomic mass is 32.2. The van der Waals surface area contributed by atoms with E-state index in [9.17, 15) is 0 Å². The molecular weight excluding hydrogens is 304 g/mol. The first-order valence-electron chi connectivity index (χ1n) is 8.49. The summed E-state index contributed by atoms with van der Waals surface area (Å²) in [5, 5.41) is 6.88. The lowest BCUT2D eigenvalue weighted by Crippen LogP contribution is -2.43. The van der Waals surface area contributed by atoms with E-state index in [2.05, 4.69) is 71.0 Å². The number of likely N-dealkylation sites (N-methyl/N-ethyl adjacent to an activating group) is 1. The Kier molecular flexibility index (Phi) is 10.6. The molecule has 4 nitrogen and oxygen atoms in total. The largest absolute Gasteiger partial charge is 0.356 e. The number of hydrogen-bond acceptors (Lipinski definition) is 3. The van der Waals surface area contributed by atoms with Gasteiger partial charge in [0.25, 0.3) is 0 Å². The van der Waals surface area contributed by atoms with Crippen molar-refractivity contribution in [2.45, 2.75) is 26.3 Å². The summed E-state index contributed by atoms with van der Waals surface area (Å²) in [6.45, 7) is 8.33. The number of hydrogen-bond donors (Lipinski definition) is 2. The van der Waals surface area contributed by atoms with E-state index in [-0.39, 0.29) is 0 Å². The van der Waals surface area contributed by atoms with Gasteiger partial charge in [0.2, 0.25) is 0 Å². The van der Waals surface area contributed by atoms with Gasteiger partial charge in [-0.2, -0.15) is 11.8 Å². The third-order valence-corrected chi connectivity index (χ3v) is 4.64. The Bertz CT molecular complexity index is 432. The van der Waals surface area contributed by atoms with Gasteiger partial charge in [0.15, 0.2) is 5.96 Å². The molecule has 0 amide bonds. The molecule has 0 saturated carbocycles. The molecule has 1 aromatic rings. The van der Waals surface area contributed by atoms with Gasteiger partial charge < -0.3 is 10.6 Å². The molecule has 0 aromatic heterocycles. The molecule has 1 rings (SSSR count). The van der Waals surface area contributed by atoms with Crippen LogP contribution in [0.5, 0.6) is 0 Å². The third kappa shape index (κ3) is 7.27. The first kappa shape index (κ1) is 19.8. The number of benzene rings is 1. The first-order valence-corrected chi connectivity index (χ1v) is 9.88. The Morgan fingerprint density at radius 3 is 2.43 bits per heavy atom. The van der Waals surface area contributed by atoms with Crippen molar-refractivity contribution < 1.29 is 0 Å². The fraction of sp³-hybridized carbons (Fsp3) is 0.611. The van der Waals surface area contributed by atoms with Crippen molar-refractivity contribution in [2.24, 2.45) is 4.99 Å². The fourth-order valence-electron chi connectivity index (χ4n) is 2.63. The van der Waals surface area contributed by atoms with Crippen LogP contribution in [0.2, 0.25) is 0 Å². The smallest absolute Gasteiger partial charge is 0.191 e. The number of nitrogens with one attached hydrogen (secondary N) is 2. The normalized spacial score (nSPS) is 13.2. The second kappa shape index (κ2) is 12.3. The molecule has 0 bridgehead atoms. The summed E-state index contributed by atoms with van der Waals surface area (Å²) in [6, 6.07) is 11.1. The van der Waals surface area contributed by atoms with Gasteiger partial charge >= 0.3 is 0 Å². The summed E-state index contributed by atoms with van der Waals surface area (Å²) < 4.78 is 0. The average molecular weight is 337 g/mol. The molecule has 1 atom stereocenters. The maximum atomic E-state index is 4.33. The molecule has 2 N–H and O–H groups in total. The maximum absolute atomic E-state index is 4.33. The summed E-state index contributed by atoms with van der Waals surface area (Å²) in [5.74, 6) is 2.06. The van der Waals surface area contributed by atoms with Gasteiger partial charge in [-0.25, -0.2) is 0 Å². The fourth-order valence-corrected chi connectivity index (χ4v) is 3.07. The second-order valence-electron chi connectivity index (χ2n) is 5.37. The van der Waals surface area contributed by atoms with Gasteiger partial charge in [-0.3, -0.25) is 9.89 Å². The molecule has 23 heavy (non-hydrogen) atoms. The van der Waals surface area contributed by atoms with E-state index >= 15 is 0 Å². The van der Waals surface area contributed by atoms with Crippen LogP contribution in [-0.4, -0.2) is 56.1 Å². The zero-order valence-corrected chi connectivity index (χ0v) is 15.8. The molecule has 0 saturated heterocycles. The quantitative estimate of drug-likeness (QED) is 0.391. The molecule has 0 aliphatic rings. The molecule has 1 unspecified atom stereocenters. The van der Waals surface area contributed by atoms with Crippen molar-refractivity contribution in [3.63, 3.8) is 0 Å². The lowest BCUT2D eigenvalue weighted by Gasteiger charge is -2.30. The van der Waals surface area contributed by atoms with Crippen LogP contribution in [0.4, 0.5) is 0 Å². The highest BCUT2D eigenvalue weighted by molar-refractivity contribution is 7.98. The van der Waals surface area contributed by atoms with Gasteiger partial charge in [0.1, 0.15) is 0 Å². The van der Waals surface area contributed by atoms with Crippen LogP contribution in [-0.2, 0) is 0 Å². The Labute approximate surface area is 146 Å². The van der Waals surface area contributed by atoms with Gasteiger partial charge in [-0.15, -0.1) is 0 Å². The van der Waals surface area contributed by atoms with Crippen molar-refractivity contribution in [1.82, 2.24) is 15.5 Å². The van der Waals surface area contributed by atoms with Crippen LogP contribution in [0.3, 0.4) is 0 Å². The zero-order chi connectivity index (χ0) is 16.9. The van der Waals surface area contributed by atoms with Crippen molar-refractivity contribution in [3.05, 3.63) is 35.9 Å². The molecule has 130 valence electrons. The average Bonchev–Trinajstić information content (AvgIpc) is 2.61. The Hall–Kier alpha value is -1.20. The summed E-state index contributed by atoms with van der Waals surface area (Å²) in [5.41, 5.74) is 1.35. The van der Waals surface area contributed by atoms with E-state index in [0.29, 0.717) is 6.04 Å². The summed E-state index contributed by atoms with van der Waals surface area (Å²) in [6.07, 6.45) is 3.29. The van der Waals surface area contributed by atoms with Crippen LogP contribution >= 0.6 is 11.8 Å². The first-order chi connectivity index (χ1) is 11.3. The van der Waals surface area contributed by atoms with E-state index in [0.717, 1.165) is 38.6 Å². The highest BCUT2D eigenvalue weighted by Gasteiger charge is 2.17. The van der Waals surface area contributed by atoms with Crippen molar-refractivity contribution in [3.8, 4) is 0 Å². The molecule has 5 heteroatoms. The Morgan fingerprint density at radius 2 is 1.87 bits per heavy atom. The zero-order valence-electron chi connectivity index (χ0n) is 15.0. The molecule has 0 spiro atoms. The Balaban J connectivity index is 2.62. The number of aliphatic imine (C=N–C) groups is 1. The minimum absolute atomic E-state index is 0.357. The van der Waals surface area contributed by atoms with Crippen molar-refractivity contribution >= 4 is 17.7 Å². The van der Waals surface area contributed by atoms with Gasteiger partial charge in [-0.1, -0.05) is 44.2 Å².